The van der Waals surface area contributed by atoms with Crippen LogP contribution < -0.4 is 4.40 Å². The van der Waals surface area contributed by atoms with E-state index >= 15 is 0 Å². The summed E-state index contributed by atoms with van der Waals surface area (Å²) in [5.41, 5.74) is 4.77. The lowest BCUT2D eigenvalue weighted by molar-refractivity contribution is -0.476. The molecule has 5 heterocycles. The van der Waals surface area contributed by atoms with Gasteiger partial charge in [0.25, 0.3) is 0 Å². The summed E-state index contributed by atoms with van der Waals surface area (Å²) in [6.45, 7) is 0.905. The van der Waals surface area contributed by atoms with Crippen molar-refractivity contribution in [1.82, 2.24) is 14.5 Å². The van der Waals surface area contributed by atoms with Crippen LogP contribution in [-0.2, 0) is 6.54 Å². The van der Waals surface area contributed by atoms with Gasteiger partial charge in [-0.2, -0.15) is 4.40 Å². The molecule has 0 spiro atoms. The average Bonchev–Trinajstić information content (AvgIpc) is 3.07. The van der Waals surface area contributed by atoms with Gasteiger partial charge in [-0.05, 0) is 29.5 Å². The maximum atomic E-state index is 4.51. The number of pyridine rings is 2. The first-order valence-corrected chi connectivity index (χ1v) is 6.96. The Morgan fingerprint density at radius 1 is 1.16 bits per heavy atom. The molecular weight excluding hydrogens is 256 g/mol. The summed E-state index contributed by atoms with van der Waals surface area (Å²) in [5.74, 6) is 0. The van der Waals surface area contributed by atoms with Gasteiger partial charge >= 0.3 is 4.96 Å². The van der Waals surface area contributed by atoms with Crippen LogP contribution in [0.3, 0.4) is 0 Å². The van der Waals surface area contributed by atoms with E-state index < -0.39 is 0 Å². The number of aromatic nitrogens is 4. The van der Waals surface area contributed by atoms with Crippen molar-refractivity contribution in [2.75, 3.05) is 0 Å². The molecule has 19 heavy (non-hydrogen) atoms. The molecule has 5 heteroatoms. The molecule has 1 aliphatic heterocycles. The van der Waals surface area contributed by atoms with Crippen molar-refractivity contribution < 1.29 is 4.40 Å². The molecule has 0 atom stereocenters. The molecule has 4 aromatic rings. The highest BCUT2D eigenvalue weighted by molar-refractivity contribution is 7.22. The van der Waals surface area contributed by atoms with Crippen LogP contribution in [0.2, 0.25) is 0 Å². The summed E-state index contributed by atoms with van der Waals surface area (Å²) in [4.78, 5) is 11.2. The Morgan fingerprint density at radius 2 is 2.05 bits per heavy atom. The molecule has 0 amide bonds. The molecule has 1 aliphatic rings. The summed E-state index contributed by atoms with van der Waals surface area (Å²) in [5, 5.41) is 0. The Kier molecular flexibility index (Phi) is 1.62. The van der Waals surface area contributed by atoms with Crippen molar-refractivity contribution in [2.24, 2.45) is 0 Å². The number of hydrogen-bond acceptors (Lipinski definition) is 3. The number of rotatable bonds is 0. The molecule has 0 N–H and O–H groups in total. The minimum absolute atomic E-state index is 0.905. The summed E-state index contributed by atoms with van der Waals surface area (Å²) in [6.07, 6.45) is 5.88. The molecule has 90 valence electrons. The first-order valence-electron chi connectivity index (χ1n) is 6.14. The highest BCUT2D eigenvalue weighted by atomic mass is 32.1. The molecule has 0 unspecified atom stereocenters. The minimum Gasteiger partial charge on any atom is -0.252 e. The normalized spacial score (nSPS) is 13.1. The fourth-order valence-corrected chi connectivity index (χ4v) is 3.88. The second kappa shape index (κ2) is 3.19. The second-order valence-corrected chi connectivity index (χ2v) is 5.65. The van der Waals surface area contributed by atoms with Crippen LogP contribution in [0, 0.1) is 0 Å². The lowest BCUT2D eigenvalue weighted by Gasteiger charge is -1.91. The van der Waals surface area contributed by atoms with Gasteiger partial charge in [0.2, 0.25) is 0 Å². The van der Waals surface area contributed by atoms with E-state index in [1.165, 1.54) is 21.7 Å². The lowest BCUT2D eigenvalue weighted by atomic mass is 10.2. The fourth-order valence-electron chi connectivity index (χ4n) is 2.80. The quantitative estimate of drug-likeness (QED) is 0.403. The van der Waals surface area contributed by atoms with Gasteiger partial charge in [-0.1, -0.05) is 6.07 Å². The van der Waals surface area contributed by atoms with Crippen LogP contribution in [-0.4, -0.2) is 14.5 Å². The number of imidazole rings is 1. The van der Waals surface area contributed by atoms with Gasteiger partial charge in [-0.25, -0.2) is 9.55 Å². The maximum Gasteiger partial charge on any atom is 0.349 e. The SMILES string of the molecule is c1cnc2c(c1)Cn1c-2c[n+]2c3cccnc3sc12. The van der Waals surface area contributed by atoms with Gasteiger partial charge in [0.15, 0.2) is 16.0 Å². The van der Waals surface area contributed by atoms with Crippen LogP contribution in [0.5, 0.6) is 0 Å². The molecule has 0 bridgehead atoms. The third kappa shape index (κ3) is 1.11. The van der Waals surface area contributed by atoms with E-state index in [-0.39, 0.29) is 0 Å². The Hall–Kier alpha value is -2.27. The van der Waals surface area contributed by atoms with Gasteiger partial charge in [0, 0.05) is 18.0 Å². The summed E-state index contributed by atoms with van der Waals surface area (Å²) < 4.78 is 4.55. The third-order valence-electron chi connectivity index (χ3n) is 3.64. The largest absolute Gasteiger partial charge is 0.349 e. The summed E-state index contributed by atoms with van der Waals surface area (Å²) >= 11 is 1.73. The van der Waals surface area contributed by atoms with Gasteiger partial charge in [-0.15, -0.1) is 0 Å². The number of hydrogen-bond donors (Lipinski definition) is 0. The molecule has 4 aromatic heterocycles. The van der Waals surface area contributed by atoms with Crippen molar-refractivity contribution in [2.45, 2.75) is 6.54 Å². The molecule has 0 saturated carbocycles. The van der Waals surface area contributed by atoms with E-state index in [4.69, 9.17) is 0 Å². The second-order valence-electron chi connectivity index (χ2n) is 4.69. The minimum atomic E-state index is 0.905. The van der Waals surface area contributed by atoms with Crippen LogP contribution in [0.4, 0.5) is 0 Å². The van der Waals surface area contributed by atoms with E-state index in [9.17, 15) is 0 Å². The topological polar surface area (TPSA) is 34.8 Å². The lowest BCUT2D eigenvalue weighted by Crippen LogP contribution is -2.16. The van der Waals surface area contributed by atoms with Crippen molar-refractivity contribution in [1.29, 1.82) is 0 Å². The van der Waals surface area contributed by atoms with Crippen molar-refractivity contribution in [3.8, 4) is 11.4 Å². The van der Waals surface area contributed by atoms with Gasteiger partial charge in [-0.3, -0.25) is 4.98 Å². The molecule has 0 radical (unpaired) electrons. The van der Waals surface area contributed by atoms with E-state index in [1.807, 2.05) is 24.5 Å². The maximum absolute atomic E-state index is 4.51. The first kappa shape index (κ1) is 9.63. The molecule has 4 nitrogen and oxygen atoms in total. The smallest absolute Gasteiger partial charge is 0.252 e. The fraction of sp³-hybridized carbons (Fsp3) is 0.0714. The number of thiazole rings is 1. The zero-order chi connectivity index (χ0) is 12.4. The molecule has 0 aliphatic carbocycles. The van der Waals surface area contributed by atoms with Crippen LogP contribution in [0.1, 0.15) is 5.56 Å². The Balaban J connectivity index is 1.93. The predicted octanol–water partition coefficient (Wildman–Crippen LogP) is 2.26. The predicted molar refractivity (Wildman–Crippen MR) is 73.1 cm³/mol. The molecule has 0 saturated heterocycles. The van der Waals surface area contributed by atoms with Gasteiger partial charge in [0.05, 0.1) is 0 Å². The highest BCUT2D eigenvalue weighted by Crippen LogP contribution is 2.33. The average molecular weight is 265 g/mol. The Morgan fingerprint density at radius 3 is 3.05 bits per heavy atom. The third-order valence-corrected chi connectivity index (χ3v) is 4.75. The molecule has 0 fully saturated rings. The monoisotopic (exact) mass is 265 g/mol. The van der Waals surface area contributed by atoms with Crippen molar-refractivity contribution >= 4 is 26.6 Å². The summed E-state index contributed by atoms with van der Waals surface area (Å²) in [7, 11) is 0. The standard InChI is InChI=1S/C14H9N4S/c1-3-9-7-17-11(12(9)15-5-1)8-18-10-4-2-6-16-13(10)19-14(17)18/h1-6,8H,7H2/q+1. The Labute approximate surface area is 112 Å². The number of fused-ring (bicyclic) bond motifs is 7. The van der Waals surface area contributed by atoms with Crippen LogP contribution in [0.15, 0.2) is 42.9 Å². The Bertz CT molecular complexity index is 951. The van der Waals surface area contributed by atoms with E-state index in [0.717, 1.165) is 17.1 Å². The number of nitrogens with zero attached hydrogens (tertiary/aromatic N) is 4. The first-order chi connectivity index (χ1) is 9.42. The van der Waals surface area contributed by atoms with E-state index in [1.54, 1.807) is 11.3 Å². The van der Waals surface area contributed by atoms with Gasteiger partial charge < -0.3 is 0 Å². The summed E-state index contributed by atoms with van der Waals surface area (Å²) in [6, 6.07) is 8.25. The highest BCUT2D eigenvalue weighted by Gasteiger charge is 2.31. The van der Waals surface area contributed by atoms with Gasteiger partial charge in [0.1, 0.15) is 18.4 Å². The van der Waals surface area contributed by atoms with E-state index in [0.29, 0.717) is 0 Å². The van der Waals surface area contributed by atoms with E-state index in [2.05, 4.69) is 37.3 Å². The van der Waals surface area contributed by atoms with Crippen LogP contribution >= 0.6 is 11.3 Å². The molecular formula is C14H9N4S+. The zero-order valence-corrected chi connectivity index (χ0v) is 10.8. The molecule has 0 aromatic carbocycles. The van der Waals surface area contributed by atoms with Crippen LogP contribution in [0.25, 0.3) is 26.7 Å². The van der Waals surface area contributed by atoms with Crippen molar-refractivity contribution in [3.63, 3.8) is 0 Å². The zero-order valence-electron chi connectivity index (χ0n) is 9.95. The van der Waals surface area contributed by atoms with Crippen molar-refractivity contribution in [3.05, 3.63) is 48.4 Å². The molecule has 5 rings (SSSR count).